The Kier molecular flexibility index (Phi) is 7.11. The first-order chi connectivity index (χ1) is 15.0. The van der Waals surface area contributed by atoms with Crippen LogP contribution in [0.4, 0.5) is 5.69 Å². The Morgan fingerprint density at radius 3 is 1.90 bits per heavy atom. The van der Waals surface area contributed by atoms with Crippen LogP contribution in [0.1, 0.15) is 26.3 Å². The standard InChI is InChI=1S/C24H24N2O5/c1-29-20-14-22(31-3)21(30-2)13-18(20)15-25-23(27)17-9-11-19(12-10-17)26-24(28)16-7-5-4-6-8-16/h4-14H,15H2,1-3H3,(H,25,27)(H,26,28). The molecule has 0 fully saturated rings. The van der Waals surface area contributed by atoms with Crippen LogP contribution < -0.4 is 24.8 Å². The lowest BCUT2D eigenvalue weighted by atomic mass is 10.1. The number of ether oxygens (including phenoxy) is 3. The van der Waals surface area contributed by atoms with E-state index in [1.165, 1.54) is 0 Å². The predicted octanol–water partition coefficient (Wildman–Crippen LogP) is 3.89. The molecule has 0 aromatic heterocycles. The van der Waals surface area contributed by atoms with Gasteiger partial charge in [-0.15, -0.1) is 0 Å². The lowest BCUT2D eigenvalue weighted by Crippen LogP contribution is -2.23. The quantitative estimate of drug-likeness (QED) is 0.577. The number of anilines is 1. The highest BCUT2D eigenvalue weighted by Gasteiger charge is 2.14. The molecule has 2 N–H and O–H groups in total. The maximum atomic E-state index is 12.6. The molecule has 3 aromatic rings. The van der Waals surface area contributed by atoms with Crippen LogP contribution in [0.5, 0.6) is 17.2 Å². The van der Waals surface area contributed by atoms with Gasteiger partial charge in [0.05, 0.1) is 21.3 Å². The zero-order chi connectivity index (χ0) is 22.2. The fourth-order valence-corrected chi connectivity index (χ4v) is 3.01. The molecule has 0 aliphatic carbocycles. The van der Waals surface area contributed by atoms with Gasteiger partial charge in [0.2, 0.25) is 0 Å². The van der Waals surface area contributed by atoms with Crippen molar-refractivity contribution in [1.82, 2.24) is 5.32 Å². The summed E-state index contributed by atoms with van der Waals surface area (Å²) in [5.74, 6) is 1.21. The van der Waals surface area contributed by atoms with E-state index < -0.39 is 0 Å². The second kappa shape index (κ2) is 10.2. The summed E-state index contributed by atoms with van der Waals surface area (Å²) in [6, 6.07) is 19.1. The van der Waals surface area contributed by atoms with Crippen molar-refractivity contribution in [2.24, 2.45) is 0 Å². The van der Waals surface area contributed by atoms with Crippen LogP contribution in [-0.2, 0) is 6.54 Å². The minimum absolute atomic E-state index is 0.210. The van der Waals surface area contributed by atoms with E-state index in [0.717, 1.165) is 5.56 Å². The number of carbonyl (C=O) groups excluding carboxylic acids is 2. The van der Waals surface area contributed by atoms with Gasteiger partial charge < -0.3 is 24.8 Å². The normalized spacial score (nSPS) is 10.2. The summed E-state index contributed by atoms with van der Waals surface area (Å²) in [6.45, 7) is 0.245. The van der Waals surface area contributed by atoms with Gasteiger partial charge in [0.1, 0.15) is 5.75 Å². The van der Waals surface area contributed by atoms with Gasteiger partial charge in [-0.3, -0.25) is 9.59 Å². The molecule has 7 heteroatoms. The minimum atomic E-state index is -0.252. The first-order valence-corrected chi connectivity index (χ1v) is 9.59. The lowest BCUT2D eigenvalue weighted by Gasteiger charge is -2.14. The minimum Gasteiger partial charge on any atom is -0.496 e. The molecule has 0 radical (unpaired) electrons. The Hall–Kier alpha value is -4.00. The molecule has 0 aliphatic rings. The maximum absolute atomic E-state index is 12.6. The molecule has 160 valence electrons. The zero-order valence-electron chi connectivity index (χ0n) is 17.6. The van der Waals surface area contributed by atoms with E-state index in [4.69, 9.17) is 14.2 Å². The molecular weight excluding hydrogens is 396 g/mol. The largest absolute Gasteiger partial charge is 0.496 e. The van der Waals surface area contributed by atoms with Gasteiger partial charge in [0, 0.05) is 35.0 Å². The van der Waals surface area contributed by atoms with E-state index in [2.05, 4.69) is 10.6 Å². The van der Waals surface area contributed by atoms with Gasteiger partial charge in [0.15, 0.2) is 11.5 Å². The molecule has 0 saturated heterocycles. The zero-order valence-corrected chi connectivity index (χ0v) is 17.6. The smallest absolute Gasteiger partial charge is 0.255 e. The molecular formula is C24H24N2O5. The van der Waals surface area contributed by atoms with E-state index in [9.17, 15) is 9.59 Å². The van der Waals surface area contributed by atoms with Crippen LogP contribution >= 0.6 is 0 Å². The summed E-state index contributed by atoms with van der Waals surface area (Å²) in [6.07, 6.45) is 0. The number of carbonyl (C=O) groups is 2. The summed E-state index contributed by atoms with van der Waals surface area (Å²) in [5.41, 5.74) is 2.39. The van der Waals surface area contributed by atoms with Gasteiger partial charge in [-0.1, -0.05) is 18.2 Å². The highest BCUT2D eigenvalue weighted by atomic mass is 16.5. The monoisotopic (exact) mass is 420 g/mol. The predicted molar refractivity (Wildman–Crippen MR) is 118 cm³/mol. The Labute approximate surface area is 180 Å². The number of hydrogen-bond acceptors (Lipinski definition) is 5. The number of methoxy groups -OCH3 is 3. The number of hydrogen-bond donors (Lipinski definition) is 2. The molecule has 7 nitrogen and oxygen atoms in total. The van der Waals surface area contributed by atoms with Crippen molar-refractivity contribution in [2.75, 3.05) is 26.6 Å². The molecule has 3 rings (SSSR count). The van der Waals surface area contributed by atoms with Crippen LogP contribution in [-0.4, -0.2) is 33.1 Å². The Morgan fingerprint density at radius 2 is 1.29 bits per heavy atom. The van der Waals surface area contributed by atoms with E-state index in [1.807, 2.05) is 6.07 Å². The third-order valence-electron chi connectivity index (χ3n) is 4.67. The molecule has 0 bridgehead atoms. The Morgan fingerprint density at radius 1 is 0.710 bits per heavy atom. The van der Waals surface area contributed by atoms with Gasteiger partial charge in [-0.25, -0.2) is 0 Å². The second-order valence-electron chi connectivity index (χ2n) is 6.60. The third kappa shape index (κ3) is 5.33. The van der Waals surface area contributed by atoms with Gasteiger partial charge >= 0.3 is 0 Å². The summed E-state index contributed by atoms with van der Waals surface area (Å²) in [7, 11) is 4.64. The molecule has 0 spiro atoms. The van der Waals surface area contributed by atoms with Crippen LogP contribution in [0.3, 0.4) is 0 Å². The Balaban J connectivity index is 1.64. The van der Waals surface area contributed by atoms with Crippen LogP contribution in [0.15, 0.2) is 66.7 Å². The number of nitrogens with one attached hydrogen (secondary N) is 2. The second-order valence-corrected chi connectivity index (χ2v) is 6.60. The molecule has 0 aliphatic heterocycles. The number of rotatable bonds is 8. The highest BCUT2D eigenvalue weighted by molar-refractivity contribution is 6.04. The van der Waals surface area contributed by atoms with Crippen molar-refractivity contribution in [2.45, 2.75) is 6.54 Å². The lowest BCUT2D eigenvalue weighted by molar-refractivity contribution is 0.0950. The van der Waals surface area contributed by atoms with Crippen LogP contribution in [0, 0.1) is 0 Å². The molecule has 0 saturated carbocycles. The first kappa shape index (κ1) is 21.7. The van der Waals surface area contributed by atoms with Crippen molar-refractivity contribution < 1.29 is 23.8 Å². The summed E-state index contributed by atoms with van der Waals surface area (Å²) in [5, 5.41) is 5.67. The van der Waals surface area contributed by atoms with Crippen LogP contribution in [0.2, 0.25) is 0 Å². The first-order valence-electron chi connectivity index (χ1n) is 9.59. The van der Waals surface area contributed by atoms with E-state index in [1.54, 1.807) is 82.0 Å². The maximum Gasteiger partial charge on any atom is 0.255 e. The molecule has 2 amide bonds. The SMILES string of the molecule is COc1cc(OC)c(OC)cc1CNC(=O)c1ccc(NC(=O)c2ccccc2)cc1. The van der Waals surface area contributed by atoms with Gasteiger partial charge in [-0.2, -0.15) is 0 Å². The van der Waals surface area contributed by atoms with E-state index >= 15 is 0 Å². The average Bonchev–Trinajstić information content (AvgIpc) is 2.82. The van der Waals surface area contributed by atoms with Crippen LogP contribution in [0.25, 0.3) is 0 Å². The van der Waals surface area contributed by atoms with Crippen molar-refractivity contribution >= 4 is 17.5 Å². The molecule has 0 unspecified atom stereocenters. The summed E-state index contributed by atoms with van der Waals surface area (Å²) < 4.78 is 16.0. The number of amides is 2. The van der Waals surface area contributed by atoms with Crippen molar-refractivity contribution in [1.29, 1.82) is 0 Å². The van der Waals surface area contributed by atoms with E-state index in [0.29, 0.717) is 34.1 Å². The van der Waals surface area contributed by atoms with Gasteiger partial charge in [0.25, 0.3) is 11.8 Å². The van der Waals surface area contributed by atoms with Crippen molar-refractivity contribution in [3.05, 3.63) is 83.4 Å². The fraction of sp³-hybridized carbons (Fsp3) is 0.167. The number of benzene rings is 3. The fourth-order valence-electron chi connectivity index (χ4n) is 3.01. The summed E-state index contributed by atoms with van der Waals surface area (Å²) in [4.78, 5) is 24.8. The van der Waals surface area contributed by atoms with Gasteiger partial charge in [-0.05, 0) is 42.5 Å². The topological polar surface area (TPSA) is 85.9 Å². The summed E-state index contributed by atoms with van der Waals surface area (Å²) >= 11 is 0. The molecule has 3 aromatic carbocycles. The Bertz CT molecular complexity index is 1050. The van der Waals surface area contributed by atoms with Crippen molar-refractivity contribution in [3.63, 3.8) is 0 Å². The molecule has 0 heterocycles. The highest BCUT2D eigenvalue weighted by Crippen LogP contribution is 2.34. The van der Waals surface area contributed by atoms with E-state index in [-0.39, 0.29) is 18.4 Å². The molecule has 31 heavy (non-hydrogen) atoms. The molecule has 0 atom stereocenters. The van der Waals surface area contributed by atoms with Crippen molar-refractivity contribution in [3.8, 4) is 17.2 Å². The third-order valence-corrected chi connectivity index (χ3v) is 4.67. The average molecular weight is 420 g/mol.